The normalized spacial score (nSPS) is 16.6. The lowest BCUT2D eigenvalue weighted by molar-refractivity contribution is -0.153. The number of hydrogen-bond acceptors (Lipinski definition) is 5. The molecule has 1 aromatic carbocycles. The molecule has 5 heteroatoms. The number of esters is 1. The topological polar surface area (TPSA) is 48.4 Å². The van der Waals surface area contributed by atoms with Crippen LogP contribution in [0.3, 0.4) is 0 Å². The third kappa shape index (κ3) is 2.93. The minimum atomic E-state index is -0.123. The van der Waals surface area contributed by atoms with Gasteiger partial charge in [0.15, 0.2) is 0 Å². The van der Waals surface area contributed by atoms with E-state index in [0.29, 0.717) is 13.2 Å². The van der Waals surface area contributed by atoms with Crippen LogP contribution in [0.15, 0.2) is 24.3 Å². The van der Waals surface area contributed by atoms with E-state index in [9.17, 15) is 4.79 Å². The van der Waals surface area contributed by atoms with E-state index in [1.165, 1.54) is 0 Å². The molecule has 1 aliphatic rings. The van der Waals surface area contributed by atoms with Crippen molar-refractivity contribution in [3.8, 4) is 0 Å². The summed E-state index contributed by atoms with van der Waals surface area (Å²) in [5.74, 6) is -0.134. The molecule has 3 rings (SSSR count). The highest BCUT2D eigenvalue weighted by atomic mass is 32.1. The van der Waals surface area contributed by atoms with Crippen LogP contribution in [-0.4, -0.2) is 24.2 Å². The highest BCUT2D eigenvalue weighted by Gasteiger charge is 2.23. The first kappa shape index (κ1) is 12.6. The van der Waals surface area contributed by atoms with Gasteiger partial charge < -0.3 is 9.47 Å². The van der Waals surface area contributed by atoms with Gasteiger partial charge in [0, 0.05) is 13.2 Å². The molecule has 0 amide bonds. The number of thiazole rings is 1. The number of hydrogen-bond donors (Lipinski definition) is 0. The average molecular weight is 277 g/mol. The zero-order chi connectivity index (χ0) is 13.1. The summed E-state index contributed by atoms with van der Waals surface area (Å²) in [5, 5.41) is 0.849. The van der Waals surface area contributed by atoms with Crippen molar-refractivity contribution >= 4 is 27.5 Å². The Bertz CT molecular complexity index is 542. The van der Waals surface area contributed by atoms with Crippen molar-refractivity contribution in [2.45, 2.75) is 19.4 Å². The van der Waals surface area contributed by atoms with Gasteiger partial charge in [0.25, 0.3) is 0 Å². The molecule has 1 fully saturated rings. The van der Waals surface area contributed by atoms with Crippen molar-refractivity contribution in [3.05, 3.63) is 29.3 Å². The number of rotatable bonds is 3. The summed E-state index contributed by atoms with van der Waals surface area (Å²) in [6.45, 7) is 1.58. The molecule has 2 heterocycles. The first-order valence-corrected chi connectivity index (χ1v) is 7.23. The van der Waals surface area contributed by atoms with Crippen molar-refractivity contribution in [2.24, 2.45) is 5.92 Å². The second-order valence-electron chi connectivity index (χ2n) is 4.57. The molecule has 0 radical (unpaired) electrons. The van der Waals surface area contributed by atoms with Gasteiger partial charge in [-0.15, -0.1) is 11.3 Å². The number of aromatic nitrogens is 1. The van der Waals surface area contributed by atoms with E-state index in [1.807, 2.05) is 24.3 Å². The Morgan fingerprint density at radius 2 is 2.16 bits per heavy atom. The largest absolute Gasteiger partial charge is 0.458 e. The Hall–Kier alpha value is -1.46. The second kappa shape index (κ2) is 5.67. The van der Waals surface area contributed by atoms with Crippen molar-refractivity contribution < 1.29 is 14.3 Å². The van der Waals surface area contributed by atoms with Crippen molar-refractivity contribution in [1.29, 1.82) is 0 Å². The molecule has 4 nitrogen and oxygen atoms in total. The number of carbonyl (C=O) groups excluding carboxylic acids is 1. The van der Waals surface area contributed by atoms with E-state index in [4.69, 9.17) is 9.47 Å². The van der Waals surface area contributed by atoms with Crippen LogP contribution in [-0.2, 0) is 20.9 Å². The predicted molar refractivity (Wildman–Crippen MR) is 73.0 cm³/mol. The van der Waals surface area contributed by atoms with Gasteiger partial charge in [0.2, 0.25) is 0 Å². The predicted octanol–water partition coefficient (Wildman–Crippen LogP) is 2.77. The van der Waals surface area contributed by atoms with E-state index in [2.05, 4.69) is 4.98 Å². The van der Waals surface area contributed by atoms with Crippen LogP contribution >= 0.6 is 11.3 Å². The molecule has 1 saturated heterocycles. The zero-order valence-electron chi connectivity index (χ0n) is 10.5. The zero-order valence-corrected chi connectivity index (χ0v) is 11.3. The summed E-state index contributed by atoms with van der Waals surface area (Å²) >= 11 is 1.57. The molecule has 1 aliphatic heterocycles. The van der Waals surface area contributed by atoms with E-state index in [0.717, 1.165) is 28.1 Å². The molecule has 100 valence electrons. The van der Waals surface area contributed by atoms with Gasteiger partial charge in [-0.05, 0) is 25.0 Å². The van der Waals surface area contributed by atoms with E-state index in [1.54, 1.807) is 11.3 Å². The molecular formula is C14H15NO3S. The van der Waals surface area contributed by atoms with Crippen molar-refractivity contribution in [3.63, 3.8) is 0 Å². The molecule has 2 aromatic rings. The Morgan fingerprint density at radius 3 is 2.95 bits per heavy atom. The molecule has 0 saturated carbocycles. The quantitative estimate of drug-likeness (QED) is 0.809. The van der Waals surface area contributed by atoms with Crippen LogP contribution in [0.1, 0.15) is 17.8 Å². The lowest BCUT2D eigenvalue weighted by Crippen LogP contribution is -2.25. The minimum absolute atomic E-state index is 0.0110. The molecule has 0 bridgehead atoms. The standard InChI is InChI=1S/C14H15NO3S/c16-14(10-5-7-17-8-6-10)18-9-13-15-11-3-1-2-4-12(11)19-13/h1-4,10H,5-9H2. The van der Waals surface area contributed by atoms with Crippen LogP contribution in [0, 0.1) is 5.92 Å². The third-order valence-electron chi connectivity index (χ3n) is 3.23. The molecule has 19 heavy (non-hydrogen) atoms. The van der Waals surface area contributed by atoms with Crippen LogP contribution < -0.4 is 0 Å². The lowest BCUT2D eigenvalue weighted by atomic mass is 10.0. The fraction of sp³-hybridized carbons (Fsp3) is 0.429. The van der Waals surface area contributed by atoms with Gasteiger partial charge in [-0.2, -0.15) is 0 Å². The molecular weight excluding hydrogens is 262 g/mol. The maximum Gasteiger partial charge on any atom is 0.309 e. The van der Waals surface area contributed by atoms with Crippen molar-refractivity contribution in [2.75, 3.05) is 13.2 Å². The number of carbonyl (C=O) groups is 1. The minimum Gasteiger partial charge on any atom is -0.458 e. The summed E-state index contributed by atoms with van der Waals surface area (Å²) < 4.78 is 11.7. The Balaban J connectivity index is 1.60. The van der Waals surface area contributed by atoms with Crippen molar-refractivity contribution in [1.82, 2.24) is 4.98 Å². The number of nitrogens with zero attached hydrogens (tertiary/aromatic N) is 1. The van der Waals surface area contributed by atoms with Gasteiger partial charge in [-0.1, -0.05) is 12.1 Å². The lowest BCUT2D eigenvalue weighted by Gasteiger charge is -2.20. The van der Waals surface area contributed by atoms with Gasteiger partial charge in [-0.25, -0.2) is 4.98 Å². The molecule has 1 aromatic heterocycles. The maximum absolute atomic E-state index is 11.9. The summed E-state index contributed by atoms with van der Waals surface area (Å²) in [4.78, 5) is 16.3. The highest BCUT2D eigenvalue weighted by Crippen LogP contribution is 2.23. The second-order valence-corrected chi connectivity index (χ2v) is 5.68. The summed E-state index contributed by atoms with van der Waals surface area (Å²) in [5.41, 5.74) is 0.963. The van der Waals surface area contributed by atoms with Crippen LogP contribution in [0.4, 0.5) is 0 Å². The summed E-state index contributed by atoms with van der Waals surface area (Å²) in [6.07, 6.45) is 1.53. The number of fused-ring (bicyclic) bond motifs is 1. The van der Waals surface area contributed by atoms with E-state index < -0.39 is 0 Å². The fourth-order valence-electron chi connectivity index (χ4n) is 2.17. The van der Waals surface area contributed by atoms with Gasteiger partial charge >= 0.3 is 5.97 Å². The first-order valence-electron chi connectivity index (χ1n) is 6.42. The summed E-state index contributed by atoms with van der Waals surface area (Å²) in [7, 11) is 0. The molecule has 0 N–H and O–H groups in total. The monoisotopic (exact) mass is 277 g/mol. The van der Waals surface area contributed by atoms with E-state index in [-0.39, 0.29) is 18.5 Å². The third-order valence-corrected chi connectivity index (χ3v) is 4.24. The maximum atomic E-state index is 11.9. The Labute approximate surface area is 115 Å². The molecule has 0 unspecified atom stereocenters. The van der Waals surface area contributed by atoms with Gasteiger partial charge in [0.1, 0.15) is 11.6 Å². The number of ether oxygens (including phenoxy) is 2. The first-order chi connectivity index (χ1) is 9.33. The Kier molecular flexibility index (Phi) is 3.75. The van der Waals surface area contributed by atoms with Crippen LogP contribution in [0.5, 0.6) is 0 Å². The summed E-state index contributed by atoms with van der Waals surface area (Å²) in [6, 6.07) is 7.94. The van der Waals surface area contributed by atoms with E-state index >= 15 is 0 Å². The number of benzene rings is 1. The smallest absolute Gasteiger partial charge is 0.309 e. The fourth-order valence-corrected chi connectivity index (χ4v) is 3.05. The Morgan fingerprint density at radius 1 is 1.37 bits per heavy atom. The highest BCUT2D eigenvalue weighted by molar-refractivity contribution is 7.18. The molecule has 0 atom stereocenters. The van der Waals surface area contributed by atoms with Gasteiger partial charge in [0.05, 0.1) is 16.1 Å². The van der Waals surface area contributed by atoms with Gasteiger partial charge in [-0.3, -0.25) is 4.79 Å². The molecule has 0 spiro atoms. The SMILES string of the molecule is O=C(OCc1nc2ccccc2s1)C1CCOCC1. The number of para-hydroxylation sites is 1. The average Bonchev–Trinajstić information content (AvgIpc) is 2.88. The van der Waals surface area contributed by atoms with Crippen LogP contribution in [0.25, 0.3) is 10.2 Å². The molecule has 0 aliphatic carbocycles. The van der Waals surface area contributed by atoms with Crippen LogP contribution in [0.2, 0.25) is 0 Å².